The lowest BCUT2D eigenvalue weighted by Gasteiger charge is -2.15. The number of aliphatic carboxylic acids is 1. The van der Waals surface area contributed by atoms with E-state index in [0.717, 1.165) is 22.4 Å². The molecular formula is C19H23NO4. The molecule has 1 atom stereocenters. The van der Waals surface area contributed by atoms with Gasteiger partial charge in [-0.3, -0.25) is 0 Å². The zero-order valence-corrected chi connectivity index (χ0v) is 14.0. The van der Waals surface area contributed by atoms with E-state index in [-0.39, 0.29) is 12.6 Å². The second kappa shape index (κ2) is 9.05. The van der Waals surface area contributed by atoms with Crippen LogP contribution in [0, 0.1) is 0 Å². The zero-order chi connectivity index (χ0) is 17.4. The summed E-state index contributed by atoms with van der Waals surface area (Å²) in [5, 5.41) is 11.8. The van der Waals surface area contributed by atoms with Gasteiger partial charge in [0.2, 0.25) is 0 Å². The van der Waals surface area contributed by atoms with E-state index in [1.165, 1.54) is 0 Å². The molecule has 2 aromatic rings. The van der Waals surface area contributed by atoms with Crippen molar-refractivity contribution in [2.24, 2.45) is 0 Å². The van der Waals surface area contributed by atoms with E-state index in [1.54, 1.807) is 7.11 Å². The molecule has 0 saturated carbocycles. The lowest BCUT2D eigenvalue weighted by molar-refractivity contribution is -0.142. The minimum Gasteiger partial charge on any atom is -0.496 e. The fourth-order valence-electron chi connectivity index (χ4n) is 2.46. The van der Waals surface area contributed by atoms with E-state index >= 15 is 0 Å². The van der Waals surface area contributed by atoms with Gasteiger partial charge in [-0.1, -0.05) is 42.5 Å². The van der Waals surface area contributed by atoms with Crippen molar-refractivity contribution < 1.29 is 19.4 Å². The van der Waals surface area contributed by atoms with Crippen molar-refractivity contribution in [1.29, 1.82) is 0 Å². The average Bonchev–Trinajstić information content (AvgIpc) is 2.61. The first-order valence-corrected chi connectivity index (χ1v) is 7.88. The van der Waals surface area contributed by atoms with Gasteiger partial charge in [-0.25, -0.2) is 4.79 Å². The number of methoxy groups -OCH3 is 1. The highest BCUT2D eigenvalue weighted by molar-refractivity contribution is 5.70. The molecular weight excluding hydrogens is 306 g/mol. The Morgan fingerprint density at radius 1 is 1.17 bits per heavy atom. The van der Waals surface area contributed by atoms with Crippen molar-refractivity contribution >= 4 is 5.97 Å². The molecule has 0 spiro atoms. The lowest BCUT2D eigenvalue weighted by Crippen LogP contribution is -2.24. The van der Waals surface area contributed by atoms with Crippen LogP contribution in [0.5, 0.6) is 5.75 Å². The monoisotopic (exact) mass is 329 g/mol. The van der Waals surface area contributed by atoms with Crippen LogP contribution in [-0.2, 0) is 9.53 Å². The largest absolute Gasteiger partial charge is 0.496 e. The summed E-state index contributed by atoms with van der Waals surface area (Å²) >= 11 is 0. The van der Waals surface area contributed by atoms with Crippen LogP contribution in [-0.4, -0.2) is 37.9 Å². The summed E-state index contributed by atoms with van der Waals surface area (Å²) in [5.41, 5.74) is 3.33. The number of nitrogens with one attached hydrogen (secondary N) is 1. The number of benzene rings is 2. The van der Waals surface area contributed by atoms with E-state index < -0.39 is 5.97 Å². The molecule has 0 aliphatic carbocycles. The minimum absolute atomic E-state index is 0.158. The van der Waals surface area contributed by atoms with Crippen molar-refractivity contribution in [3.63, 3.8) is 0 Å². The number of carboxylic acids is 1. The first kappa shape index (κ1) is 18.0. The quantitative estimate of drug-likeness (QED) is 0.692. The van der Waals surface area contributed by atoms with Gasteiger partial charge in [-0.05, 0) is 24.1 Å². The van der Waals surface area contributed by atoms with Gasteiger partial charge in [-0.2, -0.15) is 0 Å². The van der Waals surface area contributed by atoms with Gasteiger partial charge in [0.1, 0.15) is 12.4 Å². The third-order valence-electron chi connectivity index (χ3n) is 3.75. The highest BCUT2D eigenvalue weighted by Gasteiger charge is 2.08. The summed E-state index contributed by atoms with van der Waals surface area (Å²) in [7, 11) is 1.67. The van der Waals surface area contributed by atoms with Crippen LogP contribution in [0.3, 0.4) is 0 Å². The second-order valence-corrected chi connectivity index (χ2v) is 5.44. The summed E-state index contributed by atoms with van der Waals surface area (Å²) in [5.74, 6) is -0.0954. The number of ether oxygens (including phenoxy) is 2. The summed E-state index contributed by atoms with van der Waals surface area (Å²) in [4.78, 5) is 10.4. The predicted octanol–water partition coefficient (Wildman–Crippen LogP) is 3.11. The Morgan fingerprint density at radius 2 is 1.88 bits per heavy atom. The van der Waals surface area contributed by atoms with E-state index in [0.29, 0.717) is 13.2 Å². The number of carboxylic acid groups (broad SMARTS) is 1. The Morgan fingerprint density at radius 3 is 2.54 bits per heavy atom. The molecule has 0 heterocycles. The maximum absolute atomic E-state index is 10.4. The van der Waals surface area contributed by atoms with Crippen molar-refractivity contribution in [2.75, 3.05) is 26.9 Å². The molecule has 0 bridgehead atoms. The van der Waals surface area contributed by atoms with E-state index in [2.05, 4.69) is 36.5 Å². The van der Waals surface area contributed by atoms with Crippen molar-refractivity contribution in [3.05, 3.63) is 54.1 Å². The Bertz CT molecular complexity index is 655. The molecule has 5 nitrogen and oxygen atoms in total. The number of hydrogen-bond acceptors (Lipinski definition) is 4. The highest BCUT2D eigenvalue weighted by atomic mass is 16.5. The fraction of sp³-hybridized carbons (Fsp3) is 0.316. The van der Waals surface area contributed by atoms with Gasteiger partial charge < -0.3 is 19.9 Å². The van der Waals surface area contributed by atoms with Gasteiger partial charge >= 0.3 is 5.97 Å². The molecule has 2 rings (SSSR count). The second-order valence-electron chi connectivity index (χ2n) is 5.44. The van der Waals surface area contributed by atoms with Gasteiger partial charge in [0.05, 0.1) is 13.7 Å². The molecule has 0 aromatic heterocycles. The standard InChI is InChI=1S/C19H23NO4/c1-14(20-11-12-24-13-19(21)22)15-7-9-16(10-8-15)17-5-3-4-6-18(17)23-2/h3-10,14,20H,11-13H2,1-2H3,(H,21,22). The molecule has 0 amide bonds. The van der Waals surface area contributed by atoms with Crippen LogP contribution in [0.1, 0.15) is 18.5 Å². The SMILES string of the molecule is COc1ccccc1-c1ccc(C(C)NCCOCC(=O)O)cc1. The molecule has 0 saturated heterocycles. The summed E-state index contributed by atoms with van der Waals surface area (Å²) in [6, 6.07) is 16.4. The average molecular weight is 329 g/mol. The number of carbonyl (C=O) groups is 1. The summed E-state index contributed by atoms with van der Waals surface area (Å²) in [6.45, 7) is 2.78. The Hall–Kier alpha value is -2.37. The first-order valence-electron chi connectivity index (χ1n) is 7.88. The number of rotatable bonds is 9. The van der Waals surface area contributed by atoms with E-state index in [9.17, 15) is 4.79 Å². The number of hydrogen-bond donors (Lipinski definition) is 2. The van der Waals surface area contributed by atoms with Gasteiger partial charge in [0.25, 0.3) is 0 Å². The fourth-order valence-corrected chi connectivity index (χ4v) is 2.46. The molecule has 0 aliphatic heterocycles. The van der Waals surface area contributed by atoms with Crippen LogP contribution >= 0.6 is 0 Å². The molecule has 24 heavy (non-hydrogen) atoms. The topological polar surface area (TPSA) is 67.8 Å². The van der Waals surface area contributed by atoms with Crippen LogP contribution in [0.2, 0.25) is 0 Å². The Labute approximate surface area is 142 Å². The normalized spacial score (nSPS) is 11.9. The maximum Gasteiger partial charge on any atom is 0.329 e. The molecule has 2 N–H and O–H groups in total. The van der Waals surface area contributed by atoms with Gasteiger partial charge in [-0.15, -0.1) is 0 Å². The number of para-hydroxylation sites is 1. The molecule has 1 unspecified atom stereocenters. The van der Waals surface area contributed by atoms with Crippen LogP contribution in [0.25, 0.3) is 11.1 Å². The third-order valence-corrected chi connectivity index (χ3v) is 3.75. The van der Waals surface area contributed by atoms with Crippen LogP contribution in [0.15, 0.2) is 48.5 Å². The molecule has 128 valence electrons. The summed E-state index contributed by atoms with van der Waals surface area (Å²) in [6.07, 6.45) is 0. The van der Waals surface area contributed by atoms with Crippen molar-refractivity contribution in [1.82, 2.24) is 5.32 Å². The van der Waals surface area contributed by atoms with Crippen LogP contribution in [0.4, 0.5) is 0 Å². The lowest BCUT2D eigenvalue weighted by atomic mass is 10.0. The first-order chi connectivity index (χ1) is 11.6. The third kappa shape index (κ3) is 5.08. The Kier molecular flexibility index (Phi) is 6.78. The highest BCUT2D eigenvalue weighted by Crippen LogP contribution is 2.30. The molecule has 2 aromatic carbocycles. The van der Waals surface area contributed by atoms with Gasteiger partial charge in [0, 0.05) is 18.2 Å². The maximum atomic E-state index is 10.4. The van der Waals surface area contributed by atoms with Crippen molar-refractivity contribution in [3.8, 4) is 16.9 Å². The Balaban J connectivity index is 1.92. The molecule has 0 fully saturated rings. The smallest absolute Gasteiger partial charge is 0.329 e. The molecule has 5 heteroatoms. The van der Waals surface area contributed by atoms with E-state index in [1.807, 2.05) is 24.3 Å². The zero-order valence-electron chi connectivity index (χ0n) is 14.0. The predicted molar refractivity (Wildman–Crippen MR) is 93.3 cm³/mol. The van der Waals surface area contributed by atoms with Gasteiger partial charge in [0.15, 0.2) is 0 Å². The van der Waals surface area contributed by atoms with Crippen molar-refractivity contribution in [2.45, 2.75) is 13.0 Å². The van der Waals surface area contributed by atoms with Crippen LogP contribution < -0.4 is 10.1 Å². The molecule has 0 radical (unpaired) electrons. The summed E-state index contributed by atoms with van der Waals surface area (Å²) < 4.78 is 10.4. The minimum atomic E-state index is -0.949. The molecule has 0 aliphatic rings. The van der Waals surface area contributed by atoms with E-state index in [4.69, 9.17) is 14.6 Å².